The molecule has 0 spiro atoms. The summed E-state index contributed by atoms with van der Waals surface area (Å²) in [5.74, 6) is 0.892. The smallest absolute Gasteiger partial charge is 0.318 e. The topological polar surface area (TPSA) is 48.5 Å². The van der Waals surface area contributed by atoms with Gasteiger partial charge in [0.2, 0.25) is 0 Å². The molecule has 1 aliphatic heterocycles. The van der Waals surface area contributed by atoms with Crippen LogP contribution in [0.4, 0.5) is 10.6 Å². The summed E-state index contributed by atoms with van der Waals surface area (Å²) in [6, 6.07) is 6.24. The van der Waals surface area contributed by atoms with E-state index in [1.807, 2.05) is 36.0 Å². The van der Waals surface area contributed by atoms with Gasteiger partial charge in [-0.25, -0.2) is 9.78 Å². The molecule has 6 heteroatoms. The molecule has 5 nitrogen and oxygen atoms in total. The molecule has 0 unspecified atom stereocenters. The number of carbonyl (C=O) groups excluding carboxylic acids is 1. The molecule has 0 bridgehead atoms. The van der Waals surface area contributed by atoms with Gasteiger partial charge in [-0.05, 0) is 41.3 Å². The van der Waals surface area contributed by atoms with E-state index in [2.05, 4.69) is 27.1 Å². The number of hydrogen-bond acceptors (Lipinski definition) is 4. The Bertz CT molecular complexity index is 656. The van der Waals surface area contributed by atoms with Crippen molar-refractivity contribution in [3.63, 3.8) is 0 Å². The maximum atomic E-state index is 12.6. The first-order valence-electron chi connectivity index (χ1n) is 7.84. The molecule has 1 N–H and O–H groups in total. The molecule has 0 aliphatic carbocycles. The van der Waals surface area contributed by atoms with E-state index in [0.29, 0.717) is 6.54 Å². The van der Waals surface area contributed by atoms with Crippen LogP contribution in [0.3, 0.4) is 0 Å². The van der Waals surface area contributed by atoms with Crippen molar-refractivity contribution in [2.45, 2.75) is 25.4 Å². The highest BCUT2D eigenvalue weighted by molar-refractivity contribution is 7.07. The minimum absolute atomic E-state index is 0.00672. The third-order valence-electron chi connectivity index (χ3n) is 4.16. The molecule has 3 heterocycles. The molecule has 2 aromatic rings. The maximum Gasteiger partial charge on any atom is 0.318 e. The molecular weight excluding hydrogens is 308 g/mol. The van der Waals surface area contributed by atoms with Crippen molar-refractivity contribution in [1.82, 2.24) is 15.2 Å². The first-order chi connectivity index (χ1) is 11.2. The average molecular weight is 330 g/mol. The highest BCUT2D eigenvalue weighted by Crippen LogP contribution is 2.33. The van der Waals surface area contributed by atoms with Gasteiger partial charge in [0.15, 0.2) is 0 Å². The zero-order valence-corrected chi connectivity index (χ0v) is 14.3. The third-order valence-corrected chi connectivity index (χ3v) is 4.86. The Morgan fingerprint density at radius 3 is 3.09 bits per heavy atom. The molecule has 0 saturated carbocycles. The van der Waals surface area contributed by atoms with Crippen molar-refractivity contribution in [3.8, 4) is 0 Å². The van der Waals surface area contributed by atoms with Crippen LogP contribution in [0.25, 0.3) is 0 Å². The van der Waals surface area contributed by atoms with Gasteiger partial charge in [0.05, 0.1) is 6.04 Å². The van der Waals surface area contributed by atoms with Crippen LogP contribution in [0.2, 0.25) is 0 Å². The average Bonchev–Trinajstić information content (AvgIpc) is 3.23. The molecule has 1 fully saturated rings. The number of hydrogen-bond donors (Lipinski definition) is 1. The minimum Gasteiger partial charge on any atom is -0.362 e. The number of amides is 2. The van der Waals surface area contributed by atoms with Gasteiger partial charge in [-0.1, -0.05) is 6.07 Å². The predicted molar refractivity (Wildman–Crippen MR) is 93.8 cm³/mol. The van der Waals surface area contributed by atoms with Crippen LogP contribution in [-0.2, 0) is 6.54 Å². The van der Waals surface area contributed by atoms with E-state index in [0.717, 1.165) is 30.8 Å². The lowest BCUT2D eigenvalue weighted by atomic mass is 10.1. The molecule has 2 amide bonds. The number of anilines is 1. The number of carbonyl (C=O) groups is 1. The molecular formula is C17H22N4OS. The SMILES string of the molecule is CN(C)c1ncccc1CNC(=O)N1CCC[C@H]1c1ccsc1. The van der Waals surface area contributed by atoms with Crippen molar-refractivity contribution in [1.29, 1.82) is 0 Å². The number of nitrogens with one attached hydrogen (secondary N) is 1. The number of urea groups is 1. The largest absolute Gasteiger partial charge is 0.362 e. The predicted octanol–water partition coefficient (Wildman–Crippen LogP) is 3.26. The van der Waals surface area contributed by atoms with Gasteiger partial charge < -0.3 is 15.1 Å². The number of pyridine rings is 1. The summed E-state index contributed by atoms with van der Waals surface area (Å²) in [7, 11) is 3.92. The quantitative estimate of drug-likeness (QED) is 0.936. The monoisotopic (exact) mass is 330 g/mol. The van der Waals surface area contributed by atoms with E-state index < -0.39 is 0 Å². The van der Waals surface area contributed by atoms with E-state index >= 15 is 0 Å². The van der Waals surface area contributed by atoms with Crippen molar-refractivity contribution in [3.05, 3.63) is 46.3 Å². The summed E-state index contributed by atoms with van der Waals surface area (Å²) in [5, 5.41) is 7.26. The van der Waals surface area contributed by atoms with Crippen LogP contribution < -0.4 is 10.2 Å². The van der Waals surface area contributed by atoms with E-state index in [9.17, 15) is 4.79 Å². The first-order valence-corrected chi connectivity index (χ1v) is 8.79. The summed E-state index contributed by atoms with van der Waals surface area (Å²) >= 11 is 1.68. The molecule has 1 atom stereocenters. The Hall–Kier alpha value is -2.08. The second-order valence-corrected chi connectivity index (χ2v) is 6.73. The zero-order valence-electron chi connectivity index (χ0n) is 13.5. The Labute approximate surface area is 140 Å². The lowest BCUT2D eigenvalue weighted by Gasteiger charge is -2.25. The maximum absolute atomic E-state index is 12.6. The number of nitrogens with zero attached hydrogens (tertiary/aromatic N) is 3. The normalized spacial score (nSPS) is 17.3. The lowest BCUT2D eigenvalue weighted by Crippen LogP contribution is -2.39. The Morgan fingerprint density at radius 1 is 1.48 bits per heavy atom. The second kappa shape index (κ2) is 7.00. The van der Waals surface area contributed by atoms with E-state index in [1.165, 1.54) is 5.56 Å². The van der Waals surface area contributed by atoms with Gasteiger partial charge in [0, 0.05) is 38.9 Å². The standard InChI is InChI=1S/C17H22N4OS/c1-20(2)16-13(5-3-8-18-16)11-19-17(22)21-9-4-6-15(21)14-7-10-23-12-14/h3,5,7-8,10,12,15H,4,6,9,11H2,1-2H3,(H,19,22)/t15-/m0/s1. The summed E-state index contributed by atoms with van der Waals surface area (Å²) in [4.78, 5) is 20.9. The molecule has 0 aromatic carbocycles. The lowest BCUT2D eigenvalue weighted by molar-refractivity contribution is 0.192. The molecule has 122 valence electrons. The summed E-state index contributed by atoms with van der Waals surface area (Å²) in [6.45, 7) is 1.31. The van der Waals surface area contributed by atoms with Crippen LogP contribution >= 0.6 is 11.3 Å². The second-order valence-electron chi connectivity index (χ2n) is 5.95. The number of thiophene rings is 1. The van der Waals surface area contributed by atoms with Gasteiger partial charge in [0.25, 0.3) is 0 Å². The highest BCUT2D eigenvalue weighted by atomic mass is 32.1. The molecule has 23 heavy (non-hydrogen) atoms. The fourth-order valence-corrected chi connectivity index (χ4v) is 3.77. The summed E-state index contributed by atoms with van der Waals surface area (Å²) in [5.41, 5.74) is 2.27. The Kier molecular flexibility index (Phi) is 4.81. The van der Waals surface area contributed by atoms with Gasteiger partial charge in [0.1, 0.15) is 5.82 Å². The molecule has 0 radical (unpaired) electrons. The number of aromatic nitrogens is 1. The van der Waals surface area contributed by atoms with Crippen LogP contribution in [0, 0.1) is 0 Å². The van der Waals surface area contributed by atoms with Gasteiger partial charge in [-0.3, -0.25) is 0 Å². The number of rotatable bonds is 4. The van der Waals surface area contributed by atoms with Crippen molar-refractivity contribution < 1.29 is 4.79 Å². The van der Waals surface area contributed by atoms with Crippen LogP contribution in [-0.4, -0.2) is 36.6 Å². The van der Waals surface area contributed by atoms with Gasteiger partial charge in [-0.2, -0.15) is 11.3 Å². The molecule has 1 aliphatic rings. The molecule has 2 aromatic heterocycles. The van der Waals surface area contributed by atoms with E-state index in [1.54, 1.807) is 17.5 Å². The highest BCUT2D eigenvalue weighted by Gasteiger charge is 2.30. The van der Waals surface area contributed by atoms with Gasteiger partial charge in [-0.15, -0.1) is 0 Å². The van der Waals surface area contributed by atoms with E-state index in [4.69, 9.17) is 0 Å². The fourth-order valence-electron chi connectivity index (χ4n) is 3.06. The number of likely N-dealkylation sites (tertiary alicyclic amines) is 1. The fraction of sp³-hybridized carbons (Fsp3) is 0.412. The van der Waals surface area contributed by atoms with E-state index in [-0.39, 0.29) is 12.1 Å². The van der Waals surface area contributed by atoms with Crippen LogP contribution in [0.5, 0.6) is 0 Å². The summed E-state index contributed by atoms with van der Waals surface area (Å²) < 4.78 is 0. The zero-order chi connectivity index (χ0) is 16.2. The summed E-state index contributed by atoms with van der Waals surface area (Å²) in [6.07, 6.45) is 3.87. The van der Waals surface area contributed by atoms with Crippen molar-refractivity contribution in [2.75, 3.05) is 25.5 Å². The van der Waals surface area contributed by atoms with Crippen LogP contribution in [0.15, 0.2) is 35.2 Å². The molecule has 1 saturated heterocycles. The molecule has 3 rings (SSSR count). The van der Waals surface area contributed by atoms with Crippen LogP contribution in [0.1, 0.15) is 30.0 Å². The minimum atomic E-state index is 0.00672. The Balaban J connectivity index is 1.66. The first kappa shape index (κ1) is 15.8. The van der Waals surface area contributed by atoms with Crippen molar-refractivity contribution in [2.24, 2.45) is 0 Å². The van der Waals surface area contributed by atoms with Crippen molar-refractivity contribution >= 4 is 23.2 Å². The van der Waals surface area contributed by atoms with Gasteiger partial charge >= 0.3 is 6.03 Å². The third kappa shape index (κ3) is 3.47. The Morgan fingerprint density at radius 2 is 2.35 bits per heavy atom.